The Kier molecular flexibility index (Phi) is 3.89. The summed E-state index contributed by atoms with van der Waals surface area (Å²) in [5.41, 5.74) is 1.24. The summed E-state index contributed by atoms with van der Waals surface area (Å²) in [7, 11) is 0. The molecule has 2 aliphatic rings. The van der Waals surface area contributed by atoms with Crippen molar-refractivity contribution in [2.75, 3.05) is 6.61 Å². The predicted octanol–water partition coefficient (Wildman–Crippen LogP) is 2.45. The topological polar surface area (TPSA) is 49.3 Å². The number of amides is 1. The van der Waals surface area contributed by atoms with Crippen molar-refractivity contribution in [3.63, 3.8) is 0 Å². The largest absolute Gasteiger partial charge is 0.396 e. The summed E-state index contributed by atoms with van der Waals surface area (Å²) < 4.78 is 0. The average Bonchev–Trinajstić information content (AvgIpc) is 3.15. The van der Waals surface area contributed by atoms with Gasteiger partial charge in [-0.1, -0.05) is 0 Å². The van der Waals surface area contributed by atoms with E-state index in [1.54, 1.807) is 11.3 Å². The number of aliphatic hydroxyl groups is 1. The molecule has 3 rings (SSSR count). The molecule has 2 unspecified atom stereocenters. The zero-order chi connectivity index (χ0) is 13.2. The minimum absolute atomic E-state index is 0.0370. The molecule has 0 radical (unpaired) electrons. The molecule has 1 heterocycles. The van der Waals surface area contributed by atoms with Crippen LogP contribution in [0.3, 0.4) is 0 Å². The first kappa shape index (κ1) is 13.1. The number of thiophene rings is 1. The van der Waals surface area contributed by atoms with E-state index in [0.717, 1.165) is 19.3 Å². The molecule has 1 fully saturated rings. The molecule has 0 aliphatic heterocycles. The monoisotopic (exact) mass is 279 g/mol. The first-order chi connectivity index (χ1) is 9.29. The summed E-state index contributed by atoms with van der Waals surface area (Å²) in [6.45, 7) is 0.163. The molecule has 1 saturated carbocycles. The van der Waals surface area contributed by atoms with E-state index in [2.05, 4.69) is 16.8 Å². The van der Waals surface area contributed by atoms with Gasteiger partial charge in [-0.25, -0.2) is 0 Å². The standard InChI is InChI=1S/C15H21NO2S/c17-8-6-13(10-4-5-10)16-15(18)12-2-1-3-14-11(12)7-9-19-14/h7,9-10,12-13,17H,1-6,8H2,(H,16,18). The number of fused-ring (bicyclic) bond motifs is 1. The molecule has 0 bridgehead atoms. The van der Waals surface area contributed by atoms with Crippen molar-refractivity contribution in [3.8, 4) is 0 Å². The van der Waals surface area contributed by atoms with Crippen molar-refractivity contribution >= 4 is 17.2 Å². The maximum absolute atomic E-state index is 12.5. The predicted molar refractivity (Wildman–Crippen MR) is 76.4 cm³/mol. The number of hydrogen-bond donors (Lipinski definition) is 2. The normalized spacial score (nSPS) is 23.7. The first-order valence-electron chi connectivity index (χ1n) is 7.27. The highest BCUT2D eigenvalue weighted by molar-refractivity contribution is 7.10. The molecule has 1 amide bonds. The molecule has 4 heteroatoms. The summed E-state index contributed by atoms with van der Waals surface area (Å²) in [6.07, 6.45) is 6.28. The van der Waals surface area contributed by atoms with Crippen LogP contribution in [-0.4, -0.2) is 23.7 Å². The van der Waals surface area contributed by atoms with Crippen molar-refractivity contribution in [2.45, 2.75) is 50.5 Å². The fraction of sp³-hybridized carbons (Fsp3) is 0.667. The van der Waals surface area contributed by atoms with Crippen molar-refractivity contribution in [3.05, 3.63) is 21.9 Å². The van der Waals surface area contributed by atoms with Crippen molar-refractivity contribution in [2.24, 2.45) is 5.92 Å². The highest BCUT2D eigenvalue weighted by Crippen LogP contribution is 2.37. The molecule has 19 heavy (non-hydrogen) atoms. The zero-order valence-electron chi connectivity index (χ0n) is 11.1. The van der Waals surface area contributed by atoms with Crippen LogP contribution in [0, 0.1) is 5.92 Å². The van der Waals surface area contributed by atoms with Gasteiger partial charge in [0.05, 0.1) is 5.92 Å². The minimum Gasteiger partial charge on any atom is -0.396 e. The van der Waals surface area contributed by atoms with Crippen LogP contribution in [-0.2, 0) is 11.2 Å². The van der Waals surface area contributed by atoms with Crippen LogP contribution >= 0.6 is 11.3 Å². The van der Waals surface area contributed by atoms with E-state index in [4.69, 9.17) is 5.11 Å². The Morgan fingerprint density at radius 1 is 1.47 bits per heavy atom. The van der Waals surface area contributed by atoms with Gasteiger partial charge >= 0.3 is 0 Å². The van der Waals surface area contributed by atoms with Crippen LogP contribution in [0.2, 0.25) is 0 Å². The Hall–Kier alpha value is -0.870. The van der Waals surface area contributed by atoms with Gasteiger partial charge < -0.3 is 10.4 Å². The Balaban J connectivity index is 1.67. The van der Waals surface area contributed by atoms with Crippen molar-refractivity contribution in [1.82, 2.24) is 5.32 Å². The fourth-order valence-corrected chi connectivity index (χ4v) is 4.09. The van der Waals surface area contributed by atoms with E-state index in [1.807, 2.05) is 0 Å². The smallest absolute Gasteiger partial charge is 0.227 e. The molecule has 104 valence electrons. The fourth-order valence-electron chi connectivity index (χ4n) is 3.11. The van der Waals surface area contributed by atoms with Crippen LogP contribution in [0.5, 0.6) is 0 Å². The molecule has 1 aromatic rings. The molecule has 0 saturated heterocycles. The van der Waals surface area contributed by atoms with Gasteiger partial charge in [0, 0.05) is 17.5 Å². The second-order valence-electron chi connectivity index (χ2n) is 5.71. The van der Waals surface area contributed by atoms with Crippen LogP contribution in [0.25, 0.3) is 0 Å². The van der Waals surface area contributed by atoms with E-state index in [9.17, 15) is 4.79 Å². The summed E-state index contributed by atoms with van der Waals surface area (Å²) in [4.78, 5) is 13.9. The van der Waals surface area contributed by atoms with Crippen molar-refractivity contribution < 1.29 is 9.90 Å². The molecule has 3 nitrogen and oxygen atoms in total. The van der Waals surface area contributed by atoms with E-state index >= 15 is 0 Å². The van der Waals surface area contributed by atoms with Crippen LogP contribution in [0.15, 0.2) is 11.4 Å². The number of rotatable bonds is 5. The second-order valence-corrected chi connectivity index (χ2v) is 6.71. The molecule has 2 aliphatic carbocycles. The SMILES string of the molecule is O=C(NC(CCO)C1CC1)C1CCCc2sccc21. The lowest BCUT2D eigenvalue weighted by Crippen LogP contribution is -2.40. The highest BCUT2D eigenvalue weighted by Gasteiger charge is 2.34. The third-order valence-corrected chi connectivity index (χ3v) is 5.32. The Morgan fingerprint density at radius 3 is 3.05 bits per heavy atom. The molecular formula is C15H21NO2S. The number of aliphatic hydroxyl groups excluding tert-OH is 1. The first-order valence-corrected chi connectivity index (χ1v) is 8.15. The van der Waals surface area contributed by atoms with E-state index in [0.29, 0.717) is 12.3 Å². The quantitative estimate of drug-likeness (QED) is 0.870. The van der Waals surface area contributed by atoms with E-state index < -0.39 is 0 Å². The lowest BCUT2D eigenvalue weighted by Gasteiger charge is -2.25. The Bertz CT molecular complexity index is 453. The third kappa shape index (κ3) is 2.84. The minimum atomic E-state index is 0.0370. The number of aryl methyl sites for hydroxylation is 1. The van der Waals surface area contributed by atoms with Gasteiger partial charge in [-0.3, -0.25) is 4.79 Å². The summed E-state index contributed by atoms with van der Waals surface area (Å²) in [5, 5.41) is 14.4. The van der Waals surface area contributed by atoms with Gasteiger partial charge in [-0.05, 0) is 61.5 Å². The van der Waals surface area contributed by atoms with Gasteiger partial charge in [0.15, 0.2) is 0 Å². The Labute approximate surface area is 118 Å². The number of carbonyl (C=O) groups is 1. The molecule has 1 aromatic heterocycles. The van der Waals surface area contributed by atoms with Gasteiger partial charge in [0.25, 0.3) is 0 Å². The lowest BCUT2D eigenvalue weighted by molar-refractivity contribution is -0.123. The lowest BCUT2D eigenvalue weighted by atomic mass is 9.87. The van der Waals surface area contributed by atoms with Gasteiger partial charge in [-0.2, -0.15) is 0 Å². The van der Waals surface area contributed by atoms with Crippen LogP contribution < -0.4 is 5.32 Å². The van der Waals surface area contributed by atoms with Gasteiger partial charge in [0.2, 0.25) is 5.91 Å². The number of hydrogen-bond acceptors (Lipinski definition) is 3. The molecule has 2 atom stereocenters. The van der Waals surface area contributed by atoms with Gasteiger partial charge in [0.1, 0.15) is 0 Å². The summed E-state index contributed by atoms with van der Waals surface area (Å²) in [5.74, 6) is 0.807. The molecule has 2 N–H and O–H groups in total. The molecule has 0 aromatic carbocycles. The maximum Gasteiger partial charge on any atom is 0.227 e. The summed E-state index contributed by atoms with van der Waals surface area (Å²) >= 11 is 1.77. The number of carbonyl (C=O) groups excluding carboxylic acids is 1. The second kappa shape index (κ2) is 5.63. The average molecular weight is 279 g/mol. The Morgan fingerprint density at radius 2 is 2.32 bits per heavy atom. The molecular weight excluding hydrogens is 258 g/mol. The highest BCUT2D eigenvalue weighted by atomic mass is 32.1. The van der Waals surface area contributed by atoms with Gasteiger partial charge in [-0.15, -0.1) is 11.3 Å². The summed E-state index contributed by atoms with van der Waals surface area (Å²) in [6, 6.07) is 2.29. The van der Waals surface area contributed by atoms with Crippen LogP contribution in [0.4, 0.5) is 0 Å². The van der Waals surface area contributed by atoms with E-state index in [1.165, 1.54) is 23.3 Å². The van der Waals surface area contributed by atoms with Crippen molar-refractivity contribution in [1.29, 1.82) is 0 Å². The van der Waals surface area contributed by atoms with E-state index in [-0.39, 0.29) is 24.5 Å². The maximum atomic E-state index is 12.5. The zero-order valence-corrected chi connectivity index (χ0v) is 11.9. The molecule has 0 spiro atoms. The third-order valence-electron chi connectivity index (χ3n) is 4.33. The van der Waals surface area contributed by atoms with Crippen LogP contribution in [0.1, 0.15) is 48.5 Å². The number of nitrogens with one attached hydrogen (secondary N) is 1.